The van der Waals surface area contributed by atoms with E-state index >= 15 is 0 Å². The summed E-state index contributed by atoms with van der Waals surface area (Å²) in [5.74, 6) is -1.08. The highest BCUT2D eigenvalue weighted by molar-refractivity contribution is 6.08. The monoisotopic (exact) mass is 316 g/mol. The topological polar surface area (TPSA) is 103 Å². The molecule has 0 aromatic heterocycles. The Bertz CT molecular complexity index is 701. The molecule has 0 bridgehead atoms. The quantitative estimate of drug-likeness (QED) is 0.573. The molecule has 0 spiro atoms. The van der Waals surface area contributed by atoms with Gasteiger partial charge in [0.2, 0.25) is 0 Å². The fourth-order valence-electron chi connectivity index (χ4n) is 1.95. The van der Waals surface area contributed by atoms with Gasteiger partial charge < -0.3 is 15.3 Å². The predicted molar refractivity (Wildman–Crippen MR) is 82.6 cm³/mol. The zero-order valence-corrected chi connectivity index (χ0v) is 12.4. The van der Waals surface area contributed by atoms with Crippen molar-refractivity contribution in [1.82, 2.24) is 0 Å². The van der Waals surface area contributed by atoms with Crippen LogP contribution in [-0.2, 0) is 4.74 Å². The predicted octanol–water partition coefficient (Wildman–Crippen LogP) is 1.52. The minimum absolute atomic E-state index is 0.0404. The molecule has 3 N–H and O–H groups in total. The van der Waals surface area contributed by atoms with Crippen molar-refractivity contribution >= 4 is 23.3 Å². The van der Waals surface area contributed by atoms with E-state index in [4.69, 9.17) is 9.94 Å². The molecule has 2 aromatic carbocycles. The van der Waals surface area contributed by atoms with Crippen LogP contribution in [0.2, 0.25) is 0 Å². The Balaban J connectivity index is 2.35. The van der Waals surface area contributed by atoms with Crippen molar-refractivity contribution in [3.05, 3.63) is 64.9 Å². The van der Waals surface area contributed by atoms with Gasteiger partial charge in [-0.05, 0) is 25.1 Å². The molecule has 2 rings (SSSR count). The van der Waals surface area contributed by atoms with Gasteiger partial charge >= 0.3 is 5.97 Å². The van der Waals surface area contributed by atoms with Crippen LogP contribution in [0, 0.1) is 5.21 Å². The van der Waals surface area contributed by atoms with Crippen LogP contribution in [0.3, 0.4) is 0 Å². The number of rotatable bonds is 5. The number of carbonyl (C=O) groups is 2. The second-order valence-electron chi connectivity index (χ2n) is 4.61. The second kappa shape index (κ2) is 7.50. The molecular weight excluding hydrogens is 300 g/mol. The fraction of sp³-hybridized carbons (Fsp3) is 0.125. The molecule has 0 aliphatic rings. The maximum atomic E-state index is 12.2. The van der Waals surface area contributed by atoms with Gasteiger partial charge in [-0.25, -0.2) is 10.0 Å². The molecule has 7 heteroatoms. The van der Waals surface area contributed by atoms with Gasteiger partial charge in [-0.3, -0.25) is 4.79 Å². The summed E-state index contributed by atoms with van der Waals surface area (Å²) in [7, 11) is 0. The third kappa shape index (κ3) is 4.13. The number of hydrogen-bond donors (Lipinski definition) is 3. The van der Waals surface area contributed by atoms with E-state index in [1.165, 1.54) is 18.2 Å². The first-order valence-corrected chi connectivity index (χ1v) is 6.93. The largest absolute Gasteiger partial charge is 0.595 e. The highest BCUT2D eigenvalue weighted by atomic mass is 16.8. The average Bonchev–Trinajstić information content (AvgIpc) is 2.55. The molecule has 120 valence electrons. The van der Waals surface area contributed by atoms with Crippen LogP contribution in [0.25, 0.3) is 0 Å². The first-order chi connectivity index (χ1) is 11.0. The lowest BCUT2D eigenvalue weighted by Gasteiger charge is -2.15. The van der Waals surface area contributed by atoms with Crippen LogP contribution in [0.15, 0.2) is 48.5 Å². The van der Waals surface area contributed by atoms with Gasteiger partial charge in [0.25, 0.3) is 5.91 Å². The number of amides is 1. The van der Waals surface area contributed by atoms with Crippen molar-refractivity contribution < 1.29 is 24.8 Å². The molecule has 1 atom stereocenters. The molecule has 1 amide bonds. The van der Waals surface area contributed by atoms with E-state index in [1.54, 1.807) is 37.3 Å². The summed E-state index contributed by atoms with van der Waals surface area (Å²) in [5, 5.41) is 21.6. The smallest absolute Gasteiger partial charge is 0.340 e. The Hall–Kier alpha value is -2.74. The number of benzene rings is 2. The van der Waals surface area contributed by atoms with Crippen LogP contribution in [0.5, 0.6) is 0 Å². The highest BCUT2D eigenvalue weighted by Gasteiger charge is 2.17. The van der Waals surface area contributed by atoms with Crippen molar-refractivity contribution in [3.63, 3.8) is 0 Å². The van der Waals surface area contributed by atoms with Crippen LogP contribution in [-0.4, -0.2) is 23.7 Å². The minimum Gasteiger partial charge on any atom is -0.595 e. The number of ether oxygens (including phenoxy) is 1. The Kier molecular flexibility index (Phi) is 5.42. The molecule has 0 heterocycles. The third-order valence-electron chi connectivity index (χ3n) is 3.05. The van der Waals surface area contributed by atoms with Gasteiger partial charge in [0.05, 0.1) is 17.9 Å². The van der Waals surface area contributed by atoms with Crippen molar-refractivity contribution in [2.45, 2.75) is 6.92 Å². The van der Waals surface area contributed by atoms with Gasteiger partial charge in [-0.2, -0.15) is 5.23 Å². The zero-order chi connectivity index (χ0) is 16.8. The molecule has 0 saturated carbocycles. The Labute approximate surface area is 132 Å². The number of carbonyl (C=O) groups excluding carboxylic acids is 2. The second-order valence-corrected chi connectivity index (χ2v) is 4.61. The van der Waals surface area contributed by atoms with E-state index in [0.717, 1.165) is 0 Å². The lowest BCUT2D eigenvalue weighted by atomic mass is 10.1. The zero-order valence-electron chi connectivity index (χ0n) is 12.4. The minimum atomic E-state index is -1.16. The molecule has 23 heavy (non-hydrogen) atoms. The van der Waals surface area contributed by atoms with Crippen LogP contribution < -0.4 is 10.5 Å². The summed E-state index contributed by atoms with van der Waals surface area (Å²) in [6.45, 7) is 1.83. The van der Waals surface area contributed by atoms with Gasteiger partial charge in [-0.1, -0.05) is 18.2 Å². The van der Waals surface area contributed by atoms with Crippen molar-refractivity contribution in [1.29, 1.82) is 0 Å². The normalized spacial score (nSPS) is 11.6. The van der Waals surface area contributed by atoms with Gasteiger partial charge in [0.15, 0.2) is 5.69 Å². The van der Waals surface area contributed by atoms with Crippen molar-refractivity contribution in [2.24, 2.45) is 0 Å². The maximum Gasteiger partial charge on any atom is 0.340 e. The maximum absolute atomic E-state index is 12.2. The van der Waals surface area contributed by atoms with Crippen LogP contribution in [0.4, 0.5) is 11.4 Å². The van der Waals surface area contributed by atoms with Gasteiger partial charge in [0.1, 0.15) is 0 Å². The lowest BCUT2D eigenvalue weighted by Crippen LogP contribution is -2.99. The first kappa shape index (κ1) is 16.6. The summed E-state index contributed by atoms with van der Waals surface area (Å²) in [4.78, 5) is 24.2. The summed E-state index contributed by atoms with van der Waals surface area (Å²) in [6.07, 6.45) is 0. The highest BCUT2D eigenvalue weighted by Crippen LogP contribution is 2.21. The molecule has 0 fully saturated rings. The Morgan fingerprint density at radius 3 is 2.52 bits per heavy atom. The first-order valence-electron chi connectivity index (χ1n) is 6.93. The molecule has 0 aliphatic heterocycles. The number of esters is 1. The fourth-order valence-corrected chi connectivity index (χ4v) is 1.95. The Morgan fingerprint density at radius 2 is 1.91 bits per heavy atom. The van der Waals surface area contributed by atoms with Crippen molar-refractivity contribution in [3.8, 4) is 0 Å². The molecule has 7 nitrogen and oxygen atoms in total. The number of quaternary nitrogens is 1. The van der Waals surface area contributed by atoms with E-state index in [1.807, 2.05) is 0 Å². The Morgan fingerprint density at radius 1 is 1.22 bits per heavy atom. The molecule has 2 aromatic rings. The summed E-state index contributed by atoms with van der Waals surface area (Å²) in [6, 6.07) is 12.2. The van der Waals surface area contributed by atoms with Gasteiger partial charge in [-0.15, -0.1) is 0 Å². The third-order valence-corrected chi connectivity index (χ3v) is 3.05. The number of nitrogens with one attached hydrogen (secondary N) is 2. The average molecular weight is 316 g/mol. The lowest BCUT2D eigenvalue weighted by molar-refractivity contribution is -0.991. The van der Waals surface area contributed by atoms with Crippen molar-refractivity contribution in [2.75, 3.05) is 11.9 Å². The number of anilines is 1. The van der Waals surface area contributed by atoms with Gasteiger partial charge in [0, 0.05) is 17.7 Å². The standard InChI is InChI=1S/C16H16N2O5/c1-2-23-16(20)13-9-8-12(18(21)22)10-14(13)17-15(19)11-6-4-3-5-7-11/h3-10,18,21H,2H2,1H3,(H,17,19). The molecule has 0 saturated heterocycles. The van der Waals surface area contributed by atoms with E-state index in [2.05, 4.69) is 5.32 Å². The summed E-state index contributed by atoms with van der Waals surface area (Å²) < 4.78 is 4.92. The molecule has 0 aliphatic carbocycles. The molecule has 0 radical (unpaired) electrons. The van der Waals surface area contributed by atoms with Crippen LogP contribution in [0.1, 0.15) is 27.6 Å². The molecule has 1 unspecified atom stereocenters. The van der Waals surface area contributed by atoms with Crippen LogP contribution >= 0.6 is 0 Å². The van der Waals surface area contributed by atoms with E-state index < -0.39 is 17.1 Å². The summed E-state index contributed by atoms with van der Waals surface area (Å²) in [5.41, 5.74) is 0.544. The van der Waals surface area contributed by atoms with E-state index in [-0.39, 0.29) is 23.5 Å². The number of hydrogen-bond acceptors (Lipinski definition) is 5. The molecular formula is C16H16N2O5. The van der Waals surface area contributed by atoms with E-state index in [0.29, 0.717) is 5.56 Å². The summed E-state index contributed by atoms with van der Waals surface area (Å²) >= 11 is 0. The van der Waals surface area contributed by atoms with E-state index in [9.17, 15) is 14.8 Å². The SMILES string of the molecule is CCOC(=O)c1ccc([NH+]([O-])O)cc1NC(=O)c1ccccc1.